The highest BCUT2D eigenvalue weighted by molar-refractivity contribution is 5.97. The van der Waals surface area contributed by atoms with Gasteiger partial charge in [0.1, 0.15) is 37.7 Å². The summed E-state index contributed by atoms with van der Waals surface area (Å²) in [7, 11) is 0. The van der Waals surface area contributed by atoms with E-state index < -0.39 is 17.4 Å². The maximum absolute atomic E-state index is 14.0. The average molecular weight is 643 g/mol. The Kier molecular flexibility index (Phi) is 11.4. The zero-order valence-electron chi connectivity index (χ0n) is 26.2. The smallest absolute Gasteiger partial charge is 0.344 e. The average Bonchev–Trinajstić information content (AvgIpc) is 3.90. The zero-order valence-corrected chi connectivity index (χ0v) is 26.2. The summed E-state index contributed by atoms with van der Waals surface area (Å²) in [5, 5.41) is 0. The predicted molar refractivity (Wildman–Crippen MR) is 172 cm³/mol. The van der Waals surface area contributed by atoms with Crippen LogP contribution in [0.2, 0.25) is 0 Å². The lowest BCUT2D eigenvalue weighted by Gasteiger charge is -2.34. The number of nitrogens with zero attached hydrogens (tertiary/aromatic N) is 4. The second-order valence-electron chi connectivity index (χ2n) is 11.6. The molecule has 0 aliphatic carbocycles. The van der Waals surface area contributed by atoms with Gasteiger partial charge in [-0.1, -0.05) is 12.1 Å². The first-order valence-electron chi connectivity index (χ1n) is 16.0. The second-order valence-corrected chi connectivity index (χ2v) is 11.6. The Morgan fingerprint density at radius 1 is 0.739 bits per heavy atom. The van der Waals surface area contributed by atoms with Crippen LogP contribution in [0, 0.1) is 11.8 Å². The molecule has 5 rings (SSSR count). The molecule has 0 saturated carbocycles. The molecular weight excluding hydrogens is 596 g/mol. The molecule has 0 radical (unpaired) electrons. The third kappa shape index (κ3) is 8.13. The van der Waals surface area contributed by atoms with E-state index >= 15 is 0 Å². The molecule has 4 aliphatic heterocycles. The summed E-state index contributed by atoms with van der Waals surface area (Å²) in [6.45, 7) is 4.61. The molecule has 4 unspecified atom stereocenters. The highest BCUT2D eigenvalue weighted by Crippen LogP contribution is 2.33. The summed E-state index contributed by atoms with van der Waals surface area (Å²) in [5.41, 5.74) is 22.3. The summed E-state index contributed by atoms with van der Waals surface area (Å²) in [6.07, 6.45) is 3.10. The Hall–Kier alpha value is -3.79. The van der Waals surface area contributed by atoms with Gasteiger partial charge >= 0.3 is 5.97 Å². The molecular formula is C31H46N8O7. The first-order chi connectivity index (χ1) is 22.3. The molecule has 8 N–H and O–H groups in total. The quantitative estimate of drug-likeness (QED) is 0.129. The van der Waals surface area contributed by atoms with Crippen molar-refractivity contribution in [3.63, 3.8) is 0 Å². The molecule has 0 saturated heterocycles. The zero-order chi connectivity index (χ0) is 32.4. The van der Waals surface area contributed by atoms with Gasteiger partial charge in [-0.2, -0.15) is 0 Å². The maximum Gasteiger partial charge on any atom is 0.344 e. The molecule has 4 aliphatic rings. The number of carbonyl (C=O) groups is 1. The largest absolute Gasteiger partial charge is 0.479 e. The third-order valence-electron chi connectivity index (χ3n) is 8.10. The van der Waals surface area contributed by atoms with Gasteiger partial charge in [-0.25, -0.2) is 14.8 Å². The predicted octanol–water partition coefficient (Wildman–Crippen LogP) is 0.737. The third-order valence-corrected chi connectivity index (χ3v) is 8.10. The molecule has 0 bridgehead atoms. The van der Waals surface area contributed by atoms with Gasteiger partial charge < -0.3 is 39.9 Å². The van der Waals surface area contributed by atoms with Crippen molar-refractivity contribution in [3.8, 4) is 5.75 Å². The molecule has 1 aromatic carbocycles. The van der Waals surface area contributed by atoms with E-state index in [9.17, 15) is 4.79 Å². The molecule has 4 atom stereocenters. The molecule has 4 heterocycles. The van der Waals surface area contributed by atoms with Gasteiger partial charge in [-0.3, -0.25) is 21.5 Å². The van der Waals surface area contributed by atoms with Crippen LogP contribution >= 0.6 is 0 Å². The van der Waals surface area contributed by atoms with Gasteiger partial charge in [0, 0.05) is 24.7 Å². The Labute approximate surface area is 268 Å². The van der Waals surface area contributed by atoms with Crippen LogP contribution in [0.1, 0.15) is 48.9 Å². The summed E-state index contributed by atoms with van der Waals surface area (Å²) in [6, 6.07) is 6.65. The van der Waals surface area contributed by atoms with Crippen LogP contribution in [-0.2, 0) is 23.7 Å². The van der Waals surface area contributed by atoms with E-state index in [1.807, 2.05) is 0 Å². The van der Waals surface area contributed by atoms with Crippen LogP contribution in [0.25, 0.3) is 0 Å². The van der Waals surface area contributed by atoms with Gasteiger partial charge in [0.2, 0.25) is 23.2 Å². The van der Waals surface area contributed by atoms with Crippen LogP contribution < -0.4 is 27.7 Å². The number of carbonyl (C=O) groups excluding carboxylic acids is 1. The maximum atomic E-state index is 14.0. The summed E-state index contributed by atoms with van der Waals surface area (Å²) < 4.78 is 35.7. The number of rotatable bonds is 18. The fraction of sp³-hybridized carbons (Fsp3) is 0.645. The molecule has 15 nitrogen and oxygen atoms in total. The normalized spacial score (nSPS) is 21.2. The van der Waals surface area contributed by atoms with Crippen molar-refractivity contribution < 1.29 is 33.2 Å². The Balaban J connectivity index is 1.41. The van der Waals surface area contributed by atoms with Gasteiger partial charge in [0.15, 0.2) is 11.8 Å². The fourth-order valence-corrected chi connectivity index (χ4v) is 5.95. The van der Waals surface area contributed by atoms with E-state index in [1.165, 1.54) is 0 Å². The summed E-state index contributed by atoms with van der Waals surface area (Å²) >= 11 is 0. The van der Waals surface area contributed by atoms with Crippen LogP contribution in [-0.4, -0.2) is 107 Å². The van der Waals surface area contributed by atoms with E-state index in [4.69, 9.17) is 51.4 Å². The standard InChI is InChI=1S/C31H46N8O7/c32-9-3-5-21(25-36-11-15-41-25)19-30(34,28-38-13-17-43-28)45-24-8-2-1-7-23(24)27(40)46-31(35,29-39-14-18-44-29)20-22(6-4-10-33)26-37-12-16-42-26/h1-2,7-8,21-22H,3-6,9-20,32-35H2. The monoisotopic (exact) mass is 642 g/mol. The molecule has 0 spiro atoms. The number of benzene rings is 1. The van der Waals surface area contributed by atoms with Crippen molar-refractivity contribution in [2.45, 2.75) is 50.0 Å². The fourth-order valence-electron chi connectivity index (χ4n) is 5.95. The lowest BCUT2D eigenvalue weighted by atomic mass is 9.92. The molecule has 46 heavy (non-hydrogen) atoms. The Morgan fingerprint density at radius 3 is 1.74 bits per heavy atom. The van der Waals surface area contributed by atoms with Crippen molar-refractivity contribution in [1.82, 2.24) is 0 Å². The van der Waals surface area contributed by atoms with E-state index in [2.05, 4.69) is 20.0 Å². The topological polar surface area (TPSA) is 226 Å². The SMILES string of the molecule is NCCCC(CC(N)(OC(=O)c1ccccc1OC(N)(CC(CCCN)C1=NCCO1)C1=NCCO1)C1=NCCO1)C1=NCCO1. The number of esters is 1. The minimum Gasteiger partial charge on any atom is -0.479 e. The summed E-state index contributed by atoms with van der Waals surface area (Å²) in [5.74, 6) is 0.481. The van der Waals surface area contributed by atoms with Crippen LogP contribution in [0.4, 0.5) is 0 Å². The van der Waals surface area contributed by atoms with Crippen LogP contribution in [0.15, 0.2) is 44.2 Å². The Bertz CT molecular complexity index is 1340. The van der Waals surface area contributed by atoms with E-state index in [-0.39, 0.29) is 47.8 Å². The van der Waals surface area contributed by atoms with Gasteiger partial charge in [-0.15, -0.1) is 0 Å². The van der Waals surface area contributed by atoms with Gasteiger partial charge in [0.05, 0.1) is 26.2 Å². The van der Waals surface area contributed by atoms with Crippen molar-refractivity contribution in [1.29, 1.82) is 0 Å². The second kappa shape index (κ2) is 15.7. The molecule has 15 heteroatoms. The number of hydrogen-bond donors (Lipinski definition) is 4. The van der Waals surface area contributed by atoms with Crippen molar-refractivity contribution in [3.05, 3.63) is 29.8 Å². The highest BCUT2D eigenvalue weighted by Gasteiger charge is 2.45. The van der Waals surface area contributed by atoms with E-state index in [0.29, 0.717) is 96.8 Å². The number of nitrogens with two attached hydrogens (primary N) is 4. The van der Waals surface area contributed by atoms with Crippen molar-refractivity contribution >= 4 is 29.6 Å². The van der Waals surface area contributed by atoms with Gasteiger partial charge in [0.25, 0.3) is 0 Å². The number of hydrogen-bond acceptors (Lipinski definition) is 15. The summed E-state index contributed by atoms with van der Waals surface area (Å²) in [4.78, 5) is 31.9. The lowest BCUT2D eigenvalue weighted by Crippen LogP contribution is -2.56. The molecule has 252 valence electrons. The van der Waals surface area contributed by atoms with E-state index in [1.54, 1.807) is 24.3 Å². The number of para-hydroxylation sites is 1. The molecule has 0 aromatic heterocycles. The van der Waals surface area contributed by atoms with E-state index in [0.717, 1.165) is 6.42 Å². The van der Waals surface area contributed by atoms with Gasteiger partial charge in [-0.05, 0) is 50.9 Å². The van der Waals surface area contributed by atoms with Crippen LogP contribution in [0.5, 0.6) is 5.75 Å². The first-order valence-corrected chi connectivity index (χ1v) is 16.0. The first kappa shape index (κ1) is 33.6. The lowest BCUT2D eigenvalue weighted by molar-refractivity contribution is -0.00223. The van der Waals surface area contributed by atoms with Crippen molar-refractivity contribution in [2.75, 3.05) is 65.7 Å². The Morgan fingerprint density at radius 2 is 1.24 bits per heavy atom. The minimum atomic E-state index is -1.71. The highest BCUT2D eigenvalue weighted by atomic mass is 16.6. The minimum absolute atomic E-state index is 0.102. The molecule has 1 aromatic rings. The molecule has 0 amide bonds. The van der Waals surface area contributed by atoms with Crippen LogP contribution in [0.3, 0.4) is 0 Å². The van der Waals surface area contributed by atoms with Crippen molar-refractivity contribution in [2.24, 2.45) is 54.7 Å². The number of ether oxygens (including phenoxy) is 6. The number of aliphatic imine (C=N–C) groups is 4. The molecule has 0 fully saturated rings.